The first-order chi connectivity index (χ1) is 17.4. The standard InChI is InChI=1S/C23H39N5O10/c1-9(2)16(20(34)25-13(23(37)38)8-15(31)32)27-22(36)18(11(5)6)28-21(35)17(10(3)4)26-19(33)12(24)7-14(29)30/h9-13,16-18H,7-8,24H2,1-6H3,(H,25,34)(H,26,33)(H,27,36)(H,28,35)(H,29,30)(H,31,32)(H,37,38)/t12-,13-,16-,17-,18-/m0/s1. The summed E-state index contributed by atoms with van der Waals surface area (Å²) in [5.41, 5.74) is 5.56. The molecule has 9 N–H and O–H groups in total. The van der Waals surface area contributed by atoms with Crippen molar-refractivity contribution in [3.8, 4) is 0 Å². The molecule has 0 aliphatic carbocycles. The van der Waals surface area contributed by atoms with Crippen molar-refractivity contribution < 1.29 is 48.9 Å². The molecule has 0 heterocycles. The van der Waals surface area contributed by atoms with Gasteiger partial charge in [-0.1, -0.05) is 41.5 Å². The SMILES string of the molecule is CC(C)[C@H](NC(=O)[C@@H](NC(=O)[C@@H](NC(=O)[C@@H](N)CC(=O)O)C(C)C)C(C)C)C(=O)N[C@@H](CC(=O)O)C(=O)O. The van der Waals surface area contributed by atoms with E-state index in [2.05, 4.69) is 21.3 Å². The fraction of sp³-hybridized carbons (Fsp3) is 0.696. The number of nitrogens with one attached hydrogen (secondary N) is 4. The van der Waals surface area contributed by atoms with E-state index in [1.807, 2.05) is 0 Å². The quantitative estimate of drug-likeness (QED) is 0.108. The predicted octanol–water partition coefficient (Wildman–Crippen LogP) is -1.75. The molecule has 0 aliphatic rings. The van der Waals surface area contributed by atoms with Crippen LogP contribution < -0.4 is 27.0 Å². The molecule has 5 atom stereocenters. The van der Waals surface area contributed by atoms with Crippen molar-refractivity contribution in [3.63, 3.8) is 0 Å². The average molecular weight is 546 g/mol. The normalized spacial score (nSPS) is 15.1. The van der Waals surface area contributed by atoms with Gasteiger partial charge in [0.1, 0.15) is 24.2 Å². The molecule has 4 amide bonds. The van der Waals surface area contributed by atoms with Gasteiger partial charge in [-0.15, -0.1) is 0 Å². The van der Waals surface area contributed by atoms with Gasteiger partial charge in [-0.2, -0.15) is 0 Å². The molecule has 0 rings (SSSR count). The van der Waals surface area contributed by atoms with Crippen molar-refractivity contribution in [3.05, 3.63) is 0 Å². The van der Waals surface area contributed by atoms with E-state index < -0.39 is 102 Å². The summed E-state index contributed by atoms with van der Waals surface area (Å²) < 4.78 is 0. The van der Waals surface area contributed by atoms with Gasteiger partial charge in [-0.05, 0) is 17.8 Å². The zero-order valence-corrected chi connectivity index (χ0v) is 22.3. The minimum absolute atomic E-state index is 0.469. The fourth-order valence-corrected chi connectivity index (χ4v) is 3.27. The summed E-state index contributed by atoms with van der Waals surface area (Å²) in [4.78, 5) is 84.1. The molecule has 0 spiro atoms. The number of rotatable bonds is 16. The van der Waals surface area contributed by atoms with E-state index >= 15 is 0 Å². The Morgan fingerprint density at radius 2 is 0.868 bits per heavy atom. The molecule has 0 saturated heterocycles. The van der Waals surface area contributed by atoms with Crippen molar-refractivity contribution >= 4 is 41.5 Å². The van der Waals surface area contributed by atoms with Crippen LogP contribution in [0.4, 0.5) is 0 Å². The van der Waals surface area contributed by atoms with Crippen molar-refractivity contribution in [1.29, 1.82) is 0 Å². The Bertz CT molecular complexity index is 905. The second-order valence-corrected chi connectivity index (χ2v) is 9.89. The highest BCUT2D eigenvalue weighted by Crippen LogP contribution is 2.10. The van der Waals surface area contributed by atoms with Gasteiger partial charge in [0.05, 0.1) is 18.9 Å². The molecular formula is C23H39N5O10. The summed E-state index contributed by atoms with van der Waals surface area (Å²) in [6.07, 6.45) is -1.52. The second-order valence-electron chi connectivity index (χ2n) is 9.89. The Hall–Kier alpha value is -3.75. The molecule has 0 aromatic heterocycles. The van der Waals surface area contributed by atoms with E-state index in [-0.39, 0.29) is 0 Å². The van der Waals surface area contributed by atoms with Crippen LogP contribution >= 0.6 is 0 Å². The third-order valence-corrected chi connectivity index (χ3v) is 5.47. The van der Waals surface area contributed by atoms with E-state index in [0.717, 1.165) is 0 Å². The number of carboxylic acid groups (broad SMARTS) is 3. The van der Waals surface area contributed by atoms with Crippen molar-refractivity contribution in [2.45, 2.75) is 84.6 Å². The van der Waals surface area contributed by atoms with Crippen LogP contribution in [-0.4, -0.2) is 87.1 Å². The minimum atomic E-state index is -1.72. The molecule has 0 bridgehead atoms. The number of carbonyl (C=O) groups excluding carboxylic acids is 4. The molecule has 15 nitrogen and oxygen atoms in total. The largest absolute Gasteiger partial charge is 0.481 e. The summed E-state index contributed by atoms with van der Waals surface area (Å²) in [7, 11) is 0. The first-order valence-corrected chi connectivity index (χ1v) is 12.0. The van der Waals surface area contributed by atoms with Crippen LogP contribution in [0.5, 0.6) is 0 Å². The van der Waals surface area contributed by atoms with Gasteiger partial charge in [0.25, 0.3) is 0 Å². The van der Waals surface area contributed by atoms with Gasteiger partial charge in [0.2, 0.25) is 23.6 Å². The Balaban J connectivity index is 5.65. The van der Waals surface area contributed by atoms with Crippen molar-refractivity contribution in [2.75, 3.05) is 0 Å². The van der Waals surface area contributed by atoms with E-state index in [4.69, 9.17) is 15.9 Å². The maximum Gasteiger partial charge on any atom is 0.326 e. The summed E-state index contributed by atoms with van der Waals surface area (Å²) in [6, 6.07) is -6.72. The average Bonchev–Trinajstić information content (AvgIpc) is 2.76. The number of nitrogens with two attached hydrogens (primary N) is 1. The molecule has 0 saturated carbocycles. The molecule has 0 aliphatic heterocycles. The lowest BCUT2D eigenvalue weighted by Gasteiger charge is -2.30. The van der Waals surface area contributed by atoms with Gasteiger partial charge in [-0.3, -0.25) is 28.8 Å². The number of carboxylic acids is 3. The molecule has 216 valence electrons. The number of carbonyl (C=O) groups is 7. The van der Waals surface area contributed by atoms with Gasteiger partial charge < -0.3 is 42.3 Å². The van der Waals surface area contributed by atoms with Crippen molar-refractivity contribution in [1.82, 2.24) is 21.3 Å². The van der Waals surface area contributed by atoms with Crippen LogP contribution in [0.25, 0.3) is 0 Å². The minimum Gasteiger partial charge on any atom is -0.481 e. The van der Waals surface area contributed by atoms with Gasteiger partial charge in [0, 0.05) is 0 Å². The molecule has 0 aromatic carbocycles. The lowest BCUT2D eigenvalue weighted by Crippen LogP contribution is -2.61. The van der Waals surface area contributed by atoms with Crippen LogP contribution in [0.1, 0.15) is 54.4 Å². The summed E-state index contributed by atoms with van der Waals surface area (Å²) in [5, 5.41) is 36.4. The molecule has 0 aromatic rings. The van der Waals surface area contributed by atoms with Crippen LogP contribution in [-0.2, 0) is 33.6 Å². The number of aliphatic carboxylic acids is 3. The molecule has 0 radical (unpaired) electrons. The third kappa shape index (κ3) is 11.5. The van der Waals surface area contributed by atoms with Gasteiger partial charge in [-0.25, -0.2) is 4.79 Å². The Kier molecular flexibility index (Phi) is 14.0. The van der Waals surface area contributed by atoms with Crippen LogP contribution in [0.15, 0.2) is 0 Å². The van der Waals surface area contributed by atoms with Crippen molar-refractivity contribution in [2.24, 2.45) is 23.5 Å². The topological polar surface area (TPSA) is 254 Å². The second kappa shape index (κ2) is 15.5. The number of hydrogen-bond donors (Lipinski definition) is 8. The van der Waals surface area contributed by atoms with Crippen LogP contribution in [0.2, 0.25) is 0 Å². The number of hydrogen-bond acceptors (Lipinski definition) is 8. The summed E-state index contributed by atoms with van der Waals surface area (Å²) in [6.45, 7) is 9.62. The van der Waals surface area contributed by atoms with E-state index in [0.29, 0.717) is 0 Å². The van der Waals surface area contributed by atoms with E-state index in [1.54, 1.807) is 41.5 Å². The smallest absolute Gasteiger partial charge is 0.326 e. The monoisotopic (exact) mass is 545 g/mol. The van der Waals surface area contributed by atoms with Crippen LogP contribution in [0, 0.1) is 17.8 Å². The predicted molar refractivity (Wildman–Crippen MR) is 132 cm³/mol. The highest BCUT2D eigenvalue weighted by molar-refractivity contribution is 5.96. The first kappa shape index (κ1) is 34.2. The van der Waals surface area contributed by atoms with Crippen LogP contribution in [0.3, 0.4) is 0 Å². The lowest BCUT2D eigenvalue weighted by atomic mass is 9.97. The maximum atomic E-state index is 13.1. The Morgan fingerprint density at radius 3 is 1.16 bits per heavy atom. The zero-order valence-electron chi connectivity index (χ0n) is 22.3. The molecule has 38 heavy (non-hydrogen) atoms. The molecule has 15 heteroatoms. The highest BCUT2D eigenvalue weighted by Gasteiger charge is 2.35. The van der Waals surface area contributed by atoms with E-state index in [9.17, 15) is 38.7 Å². The Labute approximate surface area is 220 Å². The lowest BCUT2D eigenvalue weighted by molar-refractivity contribution is -0.147. The zero-order chi connectivity index (χ0) is 29.9. The molecule has 0 unspecified atom stereocenters. The number of amides is 4. The summed E-state index contributed by atoms with van der Waals surface area (Å²) >= 11 is 0. The maximum absolute atomic E-state index is 13.1. The van der Waals surface area contributed by atoms with Gasteiger partial charge >= 0.3 is 17.9 Å². The van der Waals surface area contributed by atoms with E-state index in [1.165, 1.54) is 0 Å². The van der Waals surface area contributed by atoms with Gasteiger partial charge in [0.15, 0.2) is 0 Å². The fourth-order valence-electron chi connectivity index (χ4n) is 3.27. The molecular weight excluding hydrogens is 506 g/mol. The Morgan fingerprint density at radius 1 is 0.553 bits per heavy atom. The summed E-state index contributed by atoms with van der Waals surface area (Å²) in [5.74, 6) is -9.11. The highest BCUT2D eigenvalue weighted by atomic mass is 16.4. The third-order valence-electron chi connectivity index (χ3n) is 5.47. The molecule has 0 fully saturated rings. The first-order valence-electron chi connectivity index (χ1n) is 12.0.